The molecular formula is C12H17N3O2. The van der Waals surface area contributed by atoms with Crippen molar-refractivity contribution in [3.63, 3.8) is 0 Å². The molecule has 92 valence electrons. The van der Waals surface area contributed by atoms with Gasteiger partial charge in [0.05, 0.1) is 0 Å². The van der Waals surface area contributed by atoms with Gasteiger partial charge < -0.3 is 4.74 Å². The molecule has 4 heterocycles. The summed E-state index contributed by atoms with van der Waals surface area (Å²) in [5.74, 6) is 1.21. The molecule has 3 fully saturated rings. The third-order valence-electron chi connectivity index (χ3n) is 3.80. The fourth-order valence-corrected chi connectivity index (χ4v) is 2.74. The van der Waals surface area contributed by atoms with Crippen LogP contribution in [0.4, 0.5) is 0 Å². The van der Waals surface area contributed by atoms with Crippen LogP contribution in [0.5, 0.6) is 5.88 Å². The third-order valence-corrected chi connectivity index (χ3v) is 3.80. The number of piperidine rings is 3. The molecule has 3 saturated heterocycles. The molecule has 1 aromatic heterocycles. The molecule has 1 aromatic rings. The molecule has 17 heavy (non-hydrogen) atoms. The molecule has 0 spiro atoms. The van der Waals surface area contributed by atoms with Crippen molar-refractivity contribution in [2.75, 3.05) is 19.6 Å². The maximum Gasteiger partial charge on any atom is 0.266 e. The largest absolute Gasteiger partial charge is 0.472 e. The molecule has 1 atom stereocenters. The van der Waals surface area contributed by atoms with Gasteiger partial charge in [0.1, 0.15) is 6.10 Å². The molecule has 3 aliphatic heterocycles. The van der Waals surface area contributed by atoms with E-state index in [1.54, 1.807) is 13.1 Å². The maximum atomic E-state index is 11.2. The van der Waals surface area contributed by atoms with Gasteiger partial charge in [-0.2, -0.15) is 0 Å². The Bertz CT molecular complexity index is 463. The number of aromatic nitrogens is 2. The summed E-state index contributed by atoms with van der Waals surface area (Å²) >= 11 is 0. The van der Waals surface area contributed by atoms with Gasteiger partial charge in [-0.3, -0.25) is 9.69 Å². The summed E-state index contributed by atoms with van der Waals surface area (Å²) in [6, 6.07) is 3.17. The van der Waals surface area contributed by atoms with E-state index in [-0.39, 0.29) is 11.7 Å². The van der Waals surface area contributed by atoms with Gasteiger partial charge in [0.2, 0.25) is 5.88 Å². The molecule has 5 heteroatoms. The third kappa shape index (κ3) is 2.07. The highest BCUT2D eigenvalue weighted by atomic mass is 16.5. The molecule has 1 unspecified atom stereocenters. The quantitative estimate of drug-likeness (QED) is 0.737. The SMILES string of the molecule is Cn1nc(OC2CN3CCC2CC3)ccc1=O. The molecular weight excluding hydrogens is 218 g/mol. The second kappa shape index (κ2) is 4.14. The number of hydrogen-bond donors (Lipinski definition) is 0. The Morgan fingerprint density at radius 3 is 2.71 bits per heavy atom. The van der Waals surface area contributed by atoms with Crippen LogP contribution in [0.25, 0.3) is 0 Å². The topological polar surface area (TPSA) is 47.4 Å². The standard InChI is InChI=1S/C12H17N3O2/c1-14-12(16)3-2-11(13-14)17-10-8-15-6-4-9(10)5-7-15/h2-3,9-10H,4-8H2,1H3. The van der Waals surface area contributed by atoms with E-state index < -0.39 is 0 Å². The zero-order valence-electron chi connectivity index (χ0n) is 10.0. The lowest BCUT2D eigenvalue weighted by molar-refractivity contribution is -0.0108. The summed E-state index contributed by atoms with van der Waals surface area (Å²) in [4.78, 5) is 13.7. The lowest BCUT2D eigenvalue weighted by atomic mass is 9.86. The van der Waals surface area contributed by atoms with E-state index in [4.69, 9.17) is 4.74 Å². The predicted molar refractivity (Wildman–Crippen MR) is 63.1 cm³/mol. The Kier molecular flexibility index (Phi) is 2.63. The van der Waals surface area contributed by atoms with Crippen molar-refractivity contribution in [1.82, 2.24) is 14.7 Å². The van der Waals surface area contributed by atoms with Gasteiger partial charge in [-0.25, -0.2) is 4.68 Å². The lowest BCUT2D eigenvalue weighted by Gasteiger charge is -2.44. The lowest BCUT2D eigenvalue weighted by Crippen LogP contribution is -2.52. The second-order valence-electron chi connectivity index (χ2n) is 4.93. The molecule has 0 aliphatic carbocycles. The maximum absolute atomic E-state index is 11.2. The van der Waals surface area contributed by atoms with Crippen LogP contribution in [0, 0.1) is 5.92 Å². The van der Waals surface area contributed by atoms with Gasteiger partial charge in [0.15, 0.2) is 0 Å². The van der Waals surface area contributed by atoms with Gasteiger partial charge in [0.25, 0.3) is 5.56 Å². The van der Waals surface area contributed by atoms with Crippen molar-refractivity contribution in [2.24, 2.45) is 13.0 Å². The Hall–Kier alpha value is -1.36. The zero-order valence-corrected chi connectivity index (χ0v) is 10.0. The van der Waals surface area contributed by atoms with E-state index in [2.05, 4.69) is 10.00 Å². The van der Waals surface area contributed by atoms with Crippen LogP contribution < -0.4 is 10.3 Å². The van der Waals surface area contributed by atoms with Gasteiger partial charge >= 0.3 is 0 Å². The number of aryl methyl sites for hydroxylation is 1. The van der Waals surface area contributed by atoms with Crippen LogP contribution in [0.1, 0.15) is 12.8 Å². The van der Waals surface area contributed by atoms with E-state index >= 15 is 0 Å². The minimum absolute atomic E-state index is 0.105. The summed E-state index contributed by atoms with van der Waals surface area (Å²) in [5, 5.41) is 4.11. The first-order chi connectivity index (χ1) is 8.22. The Balaban J connectivity index is 1.74. The summed E-state index contributed by atoms with van der Waals surface area (Å²) in [5.41, 5.74) is -0.105. The van der Waals surface area contributed by atoms with Crippen LogP contribution in [0.3, 0.4) is 0 Å². The first kappa shape index (κ1) is 10.8. The van der Waals surface area contributed by atoms with Crippen LogP contribution in [0.2, 0.25) is 0 Å². The Labute approximate surface area is 100.0 Å². The molecule has 0 N–H and O–H groups in total. The first-order valence-electron chi connectivity index (χ1n) is 6.16. The highest BCUT2D eigenvalue weighted by Gasteiger charge is 2.35. The van der Waals surface area contributed by atoms with Crippen molar-refractivity contribution in [1.29, 1.82) is 0 Å². The number of ether oxygens (including phenoxy) is 1. The molecule has 0 aromatic carbocycles. The van der Waals surface area contributed by atoms with Gasteiger partial charge in [-0.1, -0.05) is 0 Å². The molecule has 3 aliphatic rings. The minimum atomic E-state index is -0.105. The second-order valence-corrected chi connectivity index (χ2v) is 4.93. The molecule has 0 saturated carbocycles. The first-order valence-corrected chi connectivity index (χ1v) is 6.16. The molecule has 0 radical (unpaired) electrons. The van der Waals surface area contributed by atoms with Gasteiger partial charge in [-0.05, 0) is 31.8 Å². The molecule has 5 nitrogen and oxygen atoms in total. The smallest absolute Gasteiger partial charge is 0.266 e. The van der Waals surface area contributed by atoms with Crippen molar-refractivity contribution in [3.05, 3.63) is 22.5 Å². The average molecular weight is 235 g/mol. The van der Waals surface area contributed by atoms with E-state index in [1.165, 1.54) is 36.7 Å². The van der Waals surface area contributed by atoms with Crippen molar-refractivity contribution < 1.29 is 4.74 Å². The van der Waals surface area contributed by atoms with Crippen molar-refractivity contribution in [2.45, 2.75) is 18.9 Å². The highest BCUT2D eigenvalue weighted by Crippen LogP contribution is 2.29. The predicted octanol–water partition coefficient (Wildman–Crippen LogP) is 0.253. The average Bonchev–Trinajstić information content (AvgIpc) is 2.35. The monoisotopic (exact) mass is 235 g/mol. The normalized spacial score (nSPS) is 31.5. The van der Waals surface area contributed by atoms with Crippen LogP contribution in [0.15, 0.2) is 16.9 Å². The fraction of sp³-hybridized carbons (Fsp3) is 0.667. The minimum Gasteiger partial charge on any atom is -0.472 e. The number of rotatable bonds is 2. The van der Waals surface area contributed by atoms with E-state index in [1.807, 2.05) is 0 Å². The highest BCUT2D eigenvalue weighted by molar-refractivity contribution is 5.08. The summed E-state index contributed by atoms with van der Waals surface area (Å²) < 4.78 is 7.23. The molecule has 2 bridgehead atoms. The zero-order chi connectivity index (χ0) is 11.8. The van der Waals surface area contributed by atoms with Crippen LogP contribution in [-0.2, 0) is 7.05 Å². The van der Waals surface area contributed by atoms with Crippen LogP contribution >= 0.6 is 0 Å². The summed E-state index contributed by atoms with van der Waals surface area (Å²) in [7, 11) is 1.64. The summed E-state index contributed by atoms with van der Waals surface area (Å²) in [6.07, 6.45) is 2.68. The van der Waals surface area contributed by atoms with E-state index in [9.17, 15) is 4.79 Å². The van der Waals surface area contributed by atoms with Crippen molar-refractivity contribution >= 4 is 0 Å². The van der Waals surface area contributed by atoms with E-state index in [0.717, 1.165) is 6.54 Å². The number of hydrogen-bond acceptors (Lipinski definition) is 4. The van der Waals surface area contributed by atoms with Gasteiger partial charge in [0, 0.05) is 25.7 Å². The number of nitrogens with zero attached hydrogens (tertiary/aromatic N) is 3. The van der Waals surface area contributed by atoms with Gasteiger partial charge in [-0.15, -0.1) is 5.10 Å². The number of fused-ring (bicyclic) bond motifs is 3. The molecule has 4 rings (SSSR count). The fourth-order valence-electron chi connectivity index (χ4n) is 2.74. The Morgan fingerprint density at radius 2 is 2.12 bits per heavy atom. The van der Waals surface area contributed by atoms with E-state index in [0.29, 0.717) is 11.8 Å². The Morgan fingerprint density at radius 1 is 1.35 bits per heavy atom. The molecule has 0 amide bonds. The van der Waals surface area contributed by atoms with Crippen molar-refractivity contribution in [3.8, 4) is 5.88 Å². The van der Waals surface area contributed by atoms with Crippen LogP contribution in [-0.4, -0.2) is 40.4 Å². The summed E-state index contributed by atoms with van der Waals surface area (Å²) in [6.45, 7) is 3.39.